The summed E-state index contributed by atoms with van der Waals surface area (Å²) in [7, 11) is 0. The van der Waals surface area contributed by atoms with Gasteiger partial charge in [-0.25, -0.2) is 9.78 Å². The molecule has 0 spiro atoms. The number of hydrogen-bond acceptors (Lipinski definition) is 3. The Morgan fingerprint density at radius 3 is 2.80 bits per heavy atom. The van der Waals surface area contributed by atoms with Crippen LogP contribution in [0.25, 0.3) is 11.3 Å². The van der Waals surface area contributed by atoms with Gasteiger partial charge in [0.15, 0.2) is 0 Å². The highest BCUT2D eigenvalue weighted by Crippen LogP contribution is 2.29. The van der Waals surface area contributed by atoms with Gasteiger partial charge >= 0.3 is 5.97 Å². The van der Waals surface area contributed by atoms with Gasteiger partial charge in [-0.05, 0) is 25.0 Å². The maximum absolute atomic E-state index is 10.9. The van der Waals surface area contributed by atoms with Crippen molar-refractivity contribution in [2.24, 2.45) is 5.73 Å². The molecule has 1 aromatic carbocycles. The fourth-order valence-electron chi connectivity index (χ4n) is 2.72. The summed E-state index contributed by atoms with van der Waals surface area (Å²) >= 11 is 0. The van der Waals surface area contributed by atoms with Crippen molar-refractivity contribution in [3.8, 4) is 11.3 Å². The van der Waals surface area contributed by atoms with E-state index in [1.54, 1.807) is 24.3 Å². The molecular formula is C15H17N3O2. The number of aromatic nitrogens is 2. The van der Waals surface area contributed by atoms with E-state index in [-0.39, 0.29) is 5.56 Å². The standard InChI is InChI=1S/C15H17N3O2/c16-8-12-2-1-7-18-9-13(17-14(12)18)10-3-5-11(6-4-10)15(19)20/h3-6,9,12H,1-2,7-8,16H2,(H,19,20). The first-order chi connectivity index (χ1) is 9.69. The Morgan fingerprint density at radius 1 is 1.40 bits per heavy atom. The fourth-order valence-corrected chi connectivity index (χ4v) is 2.72. The van der Waals surface area contributed by atoms with Gasteiger partial charge in [0, 0.05) is 30.8 Å². The van der Waals surface area contributed by atoms with E-state index in [1.165, 1.54) is 0 Å². The van der Waals surface area contributed by atoms with Crippen LogP contribution < -0.4 is 5.73 Å². The molecule has 0 saturated heterocycles. The van der Waals surface area contributed by atoms with E-state index in [0.29, 0.717) is 12.5 Å². The highest BCUT2D eigenvalue weighted by atomic mass is 16.4. The minimum atomic E-state index is -0.913. The molecule has 5 heteroatoms. The number of hydrogen-bond donors (Lipinski definition) is 2. The molecule has 0 saturated carbocycles. The lowest BCUT2D eigenvalue weighted by atomic mass is 9.99. The molecule has 3 N–H and O–H groups in total. The van der Waals surface area contributed by atoms with Crippen LogP contribution in [0.15, 0.2) is 30.5 Å². The monoisotopic (exact) mass is 271 g/mol. The van der Waals surface area contributed by atoms with Gasteiger partial charge in [0.05, 0.1) is 11.3 Å². The Balaban J connectivity index is 1.95. The molecule has 0 radical (unpaired) electrons. The summed E-state index contributed by atoms with van der Waals surface area (Å²) in [5, 5.41) is 8.91. The number of carboxylic acids is 1. The number of fused-ring (bicyclic) bond motifs is 1. The molecule has 1 aromatic heterocycles. The van der Waals surface area contributed by atoms with Crippen LogP contribution in [-0.2, 0) is 6.54 Å². The first-order valence-corrected chi connectivity index (χ1v) is 6.80. The van der Waals surface area contributed by atoms with E-state index < -0.39 is 5.97 Å². The lowest BCUT2D eigenvalue weighted by Gasteiger charge is -2.21. The largest absolute Gasteiger partial charge is 0.478 e. The third-order valence-electron chi connectivity index (χ3n) is 3.84. The van der Waals surface area contributed by atoms with Crippen molar-refractivity contribution in [1.82, 2.24) is 9.55 Å². The van der Waals surface area contributed by atoms with Gasteiger partial charge in [-0.1, -0.05) is 12.1 Å². The molecule has 1 atom stereocenters. The van der Waals surface area contributed by atoms with Gasteiger partial charge < -0.3 is 15.4 Å². The Morgan fingerprint density at radius 2 is 2.15 bits per heavy atom. The molecule has 0 amide bonds. The topological polar surface area (TPSA) is 81.1 Å². The number of imidazole rings is 1. The van der Waals surface area contributed by atoms with Crippen LogP contribution in [0, 0.1) is 0 Å². The van der Waals surface area contributed by atoms with Gasteiger partial charge in [-0.2, -0.15) is 0 Å². The molecule has 0 aliphatic carbocycles. The number of benzene rings is 1. The number of aromatic carboxylic acids is 1. The summed E-state index contributed by atoms with van der Waals surface area (Å²) < 4.78 is 2.17. The number of carbonyl (C=O) groups is 1. The van der Waals surface area contributed by atoms with Crippen LogP contribution >= 0.6 is 0 Å². The third kappa shape index (κ3) is 2.20. The minimum absolute atomic E-state index is 0.289. The number of rotatable bonds is 3. The van der Waals surface area contributed by atoms with Crippen molar-refractivity contribution in [2.45, 2.75) is 25.3 Å². The van der Waals surface area contributed by atoms with Crippen LogP contribution in [0.5, 0.6) is 0 Å². The number of nitrogens with zero attached hydrogens (tertiary/aromatic N) is 2. The molecule has 104 valence electrons. The van der Waals surface area contributed by atoms with Crippen molar-refractivity contribution in [2.75, 3.05) is 6.54 Å². The molecule has 3 rings (SSSR count). The van der Waals surface area contributed by atoms with E-state index in [0.717, 1.165) is 36.5 Å². The average Bonchev–Trinajstić information content (AvgIpc) is 2.91. The zero-order valence-corrected chi connectivity index (χ0v) is 11.1. The zero-order chi connectivity index (χ0) is 14.1. The second-order valence-electron chi connectivity index (χ2n) is 5.14. The van der Waals surface area contributed by atoms with Crippen molar-refractivity contribution >= 4 is 5.97 Å². The zero-order valence-electron chi connectivity index (χ0n) is 11.1. The molecule has 1 aliphatic rings. The quantitative estimate of drug-likeness (QED) is 0.895. The summed E-state index contributed by atoms with van der Waals surface area (Å²) in [6.07, 6.45) is 4.25. The second kappa shape index (κ2) is 5.09. The Labute approximate surface area is 117 Å². The lowest BCUT2D eigenvalue weighted by Crippen LogP contribution is -2.21. The highest BCUT2D eigenvalue weighted by molar-refractivity contribution is 5.88. The Kier molecular flexibility index (Phi) is 3.28. The predicted octanol–water partition coefficient (Wildman–Crippen LogP) is 2.08. The van der Waals surface area contributed by atoms with Crippen molar-refractivity contribution in [3.05, 3.63) is 41.9 Å². The maximum Gasteiger partial charge on any atom is 0.335 e. The fraction of sp³-hybridized carbons (Fsp3) is 0.333. The van der Waals surface area contributed by atoms with Gasteiger partial charge in [-0.15, -0.1) is 0 Å². The predicted molar refractivity (Wildman–Crippen MR) is 75.7 cm³/mol. The van der Waals surface area contributed by atoms with Crippen LogP contribution in [0.2, 0.25) is 0 Å². The molecule has 20 heavy (non-hydrogen) atoms. The van der Waals surface area contributed by atoms with Crippen LogP contribution in [-0.4, -0.2) is 27.2 Å². The molecule has 2 heterocycles. The molecule has 2 aromatic rings. The normalized spacial score (nSPS) is 17.8. The van der Waals surface area contributed by atoms with Crippen LogP contribution in [0.3, 0.4) is 0 Å². The SMILES string of the molecule is NCC1CCCn2cc(-c3ccc(C(=O)O)cc3)nc21. The Bertz CT molecular complexity index is 631. The summed E-state index contributed by atoms with van der Waals surface area (Å²) in [6, 6.07) is 6.82. The van der Waals surface area contributed by atoms with Crippen molar-refractivity contribution < 1.29 is 9.90 Å². The molecule has 0 fully saturated rings. The summed E-state index contributed by atoms with van der Waals surface area (Å²) in [6.45, 7) is 1.60. The van der Waals surface area contributed by atoms with Gasteiger partial charge in [0.25, 0.3) is 0 Å². The first-order valence-electron chi connectivity index (χ1n) is 6.80. The second-order valence-corrected chi connectivity index (χ2v) is 5.14. The highest BCUT2D eigenvalue weighted by Gasteiger charge is 2.22. The summed E-state index contributed by atoms with van der Waals surface area (Å²) in [5.41, 5.74) is 7.91. The maximum atomic E-state index is 10.9. The lowest BCUT2D eigenvalue weighted by molar-refractivity contribution is 0.0697. The molecular weight excluding hydrogens is 254 g/mol. The van der Waals surface area contributed by atoms with Crippen LogP contribution in [0.4, 0.5) is 0 Å². The van der Waals surface area contributed by atoms with Gasteiger partial charge in [0.2, 0.25) is 0 Å². The third-order valence-corrected chi connectivity index (χ3v) is 3.84. The average molecular weight is 271 g/mol. The number of nitrogens with two attached hydrogens (primary N) is 1. The summed E-state index contributed by atoms with van der Waals surface area (Å²) in [4.78, 5) is 15.5. The van der Waals surface area contributed by atoms with E-state index >= 15 is 0 Å². The van der Waals surface area contributed by atoms with E-state index in [1.807, 2.05) is 6.20 Å². The molecule has 1 unspecified atom stereocenters. The minimum Gasteiger partial charge on any atom is -0.478 e. The molecule has 5 nitrogen and oxygen atoms in total. The summed E-state index contributed by atoms with van der Waals surface area (Å²) in [5.74, 6) is 0.468. The van der Waals surface area contributed by atoms with Gasteiger partial charge in [-0.3, -0.25) is 0 Å². The van der Waals surface area contributed by atoms with Crippen molar-refractivity contribution in [1.29, 1.82) is 0 Å². The van der Waals surface area contributed by atoms with E-state index in [9.17, 15) is 4.79 Å². The number of carboxylic acid groups (broad SMARTS) is 1. The van der Waals surface area contributed by atoms with E-state index in [4.69, 9.17) is 10.8 Å². The molecule has 0 bridgehead atoms. The number of aryl methyl sites for hydroxylation is 1. The Hall–Kier alpha value is -2.14. The van der Waals surface area contributed by atoms with E-state index in [2.05, 4.69) is 9.55 Å². The smallest absolute Gasteiger partial charge is 0.335 e. The van der Waals surface area contributed by atoms with Crippen LogP contribution in [0.1, 0.15) is 34.9 Å². The van der Waals surface area contributed by atoms with Crippen molar-refractivity contribution in [3.63, 3.8) is 0 Å². The molecule has 1 aliphatic heterocycles. The van der Waals surface area contributed by atoms with Gasteiger partial charge in [0.1, 0.15) is 5.82 Å². The first kappa shape index (κ1) is 12.9.